The van der Waals surface area contributed by atoms with Crippen LogP contribution >= 0.6 is 0 Å². The second-order valence-corrected chi connectivity index (χ2v) is 6.64. The molecule has 0 aliphatic heterocycles. The molecule has 152 valence electrons. The van der Waals surface area contributed by atoms with Gasteiger partial charge in [0.15, 0.2) is 5.96 Å². The molecule has 0 aliphatic rings. The van der Waals surface area contributed by atoms with Gasteiger partial charge >= 0.3 is 6.18 Å². The fourth-order valence-corrected chi connectivity index (χ4v) is 2.76. The van der Waals surface area contributed by atoms with Crippen LogP contribution in [0.15, 0.2) is 47.5 Å². The van der Waals surface area contributed by atoms with Gasteiger partial charge in [0.25, 0.3) is 0 Å². The summed E-state index contributed by atoms with van der Waals surface area (Å²) in [4.78, 5) is 6.09. The molecule has 0 aliphatic carbocycles. The first-order valence-electron chi connectivity index (χ1n) is 8.71. The summed E-state index contributed by atoms with van der Waals surface area (Å²) in [6.45, 7) is 1.15. The van der Waals surface area contributed by atoms with Gasteiger partial charge in [-0.25, -0.2) is 4.39 Å². The van der Waals surface area contributed by atoms with Gasteiger partial charge in [0.2, 0.25) is 0 Å². The summed E-state index contributed by atoms with van der Waals surface area (Å²) in [5.41, 5.74) is 1.14. The molecule has 2 aromatic rings. The number of nitrogens with one attached hydrogen (secondary N) is 2. The van der Waals surface area contributed by atoms with Gasteiger partial charge in [-0.2, -0.15) is 13.2 Å². The fraction of sp³-hybridized carbons (Fsp3) is 0.350. The van der Waals surface area contributed by atoms with E-state index in [9.17, 15) is 17.6 Å². The van der Waals surface area contributed by atoms with Crippen molar-refractivity contribution in [3.63, 3.8) is 0 Å². The van der Waals surface area contributed by atoms with E-state index < -0.39 is 17.6 Å². The van der Waals surface area contributed by atoms with Gasteiger partial charge in [-0.3, -0.25) is 4.99 Å². The maximum atomic E-state index is 13.2. The van der Waals surface area contributed by atoms with Crippen LogP contribution in [0, 0.1) is 5.82 Å². The highest BCUT2D eigenvalue weighted by molar-refractivity contribution is 5.79. The molecule has 0 saturated heterocycles. The second-order valence-electron chi connectivity index (χ2n) is 6.64. The van der Waals surface area contributed by atoms with Crippen LogP contribution in [0.4, 0.5) is 17.6 Å². The van der Waals surface area contributed by atoms with Crippen LogP contribution in [0.25, 0.3) is 0 Å². The highest BCUT2D eigenvalue weighted by Crippen LogP contribution is 2.32. The number of benzene rings is 2. The van der Waals surface area contributed by atoms with E-state index in [0.29, 0.717) is 18.6 Å². The van der Waals surface area contributed by atoms with E-state index in [1.165, 1.54) is 7.05 Å². The van der Waals surface area contributed by atoms with E-state index in [1.54, 1.807) is 0 Å². The molecule has 0 atom stereocenters. The van der Waals surface area contributed by atoms with Crippen molar-refractivity contribution in [2.24, 2.45) is 4.99 Å². The Hall–Kier alpha value is -2.61. The summed E-state index contributed by atoms with van der Waals surface area (Å²) in [5, 5.41) is 5.92. The molecule has 0 amide bonds. The van der Waals surface area contributed by atoms with Gasteiger partial charge < -0.3 is 15.5 Å². The molecular formula is C20H24F4N4. The topological polar surface area (TPSA) is 39.7 Å². The maximum Gasteiger partial charge on any atom is 0.416 e. The number of hydrogen-bond acceptors (Lipinski definition) is 2. The lowest BCUT2D eigenvalue weighted by molar-refractivity contribution is -0.138. The zero-order chi connectivity index (χ0) is 20.7. The molecule has 0 saturated carbocycles. The van der Waals surface area contributed by atoms with E-state index in [2.05, 4.69) is 26.6 Å². The van der Waals surface area contributed by atoms with Gasteiger partial charge in [0.1, 0.15) is 5.82 Å². The predicted octanol–water partition coefficient (Wildman–Crippen LogP) is 3.77. The number of guanidine groups is 1. The van der Waals surface area contributed by atoms with Crippen molar-refractivity contribution in [2.45, 2.75) is 25.8 Å². The van der Waals surface area contributed by atoms with Gasteiger partial charge in [0, 0.05) is 26.7 Å². The largest absolute Gasteiger partial charge is 0.416 e. The number of halogens is 4. The standard InChI is InChI=1S/C20H24F4N4/c1-25-19(26-11-14-5-4-6-15(9-14)13-28(2)3)27-12-16-7-8-17(21)10-18(16)20(22,23)24/h4-10H,11-13H2,1-3H3,(H2,25,26,27). The maximum absolute atomic E-state index is 13.2. The normalized spacial score (nSPS) is 12.4. The van der Waals surface area contributed by atoms with Gasteiger partial charge in [0.05, 0.1) is 5.56 Å². The first-order chi connectivity index (χ1) is 13.2. The lowest BCUT2D eigenvalue weighted by Crippen LogP contribution is -2.36. The van der Waals surface area contributed by atoms with Crippen molar-refractivity contribution in [3.8, 4) is 0 Å². The quantitative estimate of drug-likeness (QED) is 0.444. The molecule has 2 N–H and O–H groups in total. The highest BCUT2D eigenvalue weighted by Gasteiger charge is 2.33. The average Bonchev–Trinajstić information content (AvgIpc) is 2.61. The summed E-state index contributed by atoms with van der Waals surface area (Å²) < 4.78 is 52.5. The Labute approximate surface area is 162 Å². The third-order valence-electron chi connectivity index (χ3n) is 4.00. The van der Waals surface area contributed by atoms with E-state index in [4.69, 9.17) is 0 Å². The number of nitrogens with zero attached hydrogens (tertiary/aromatic N) is 2. The van der Waals surface area contributed by atoms with E-state index >= 15 is 0 Å². The van der Waals surface area contributed by atoms with Crippen molar-refractivity contribution < 1.29 is 17.6 Å². The van der Waals surface area contributed by atoms with Crippen LogP contribution in [0.2, 0.25) is 0 Å². The Kier molecular flexibility index (Phi) is 7.39. The summed E-state index contributed by atoms with van der Waals surface area (Å²) >= 11 is 0. The molecule has 0 unspecified atom stereocenters. The molecular weight excluding hydrogens is 372 g/mol. The number of aliphatic imine (C=N–C) groups is 1. The number of rotatable bonds is 6. The third kappa shape index (κ3) is 6.53. The van der Waals surface area contributed by atoms with E-state index in [1.807, 2.05) is 32.3 Å². The molecule has 0 radical (unpaired) electrons. The van der Waals surface area contributed by atoms with Crippen LogP contribution < -0.4 is 10.6 Å². The summed E-state index contributed by atoms with van der Waals surface area (Å²) in [6.07, 6.45) is -4.62. The van der Waals surface area contributed by atoms with Crippen LogP contribution in [0.1, 0.15) is 22.3 Å². The van der Waals surface area contributed by atoms with Gasteiger partial charge in [-0.1, -0.05) is 30.3 Å². The van der Waals surface area contributed by atoms with E-state index in [0.717, 1.165) is 29.8 Å². The van der Waals surface area contributed by atoms with Crippen molar-refractivity contribution in [1.29, 1.82) is 0 Å². The molecule has 2 rings (SSSR count). The minimum Gasteiger partial charge on any atom is -0.352 e. The molecule has 0 fully saturated rings. The molecule has 0 spiro atoms. The third-order valence-corrected chi connectivity index (χ3v) is 4.00. The van der Waals surface area contributed by atoms with Crippen molar-refractivity contribution in [3.05, 3.63) is 70.5 Å². The molecule has 4 nitrogen and oxygen atoms in total. The first-order valence-corrected chi connectivity index (χ1v) is 8.71. The Morgan fingerprint density at radius 1 is 1.00 bits per heavy atom. The molecule has 0 aromatic heterocycles. The summed E-state index contributed by atoms with van der Waals surface area (Å²) in [5.74, 6) is -0.563. The van der Waals surface area contributed by atoms with Crippen LogP contribution in [0.5, 0.6) is 0 Å². The Morgan fingerprint density at radius 3 is 2.32 bits per heavy atom. The van der Waals surface area contributed by atoms with Crippen molar-refractivity contribution >= 4 is 5.96 Å². The first kappa shape index (κ1) is 21.7. The fourth-order valence-electron chi connectivity index (χ4n) is 2.76. The zero-order valence-electron chi connectivity index (χ0n) is 16.1. The SMILES string of the molecule is CN=C(NCc1cccc(CN(C)C)c1)NCc1ccc(F)cc1C(F)(F)F. The smallest absolute Gasteiger partial charge is 0.352 e. The number of alkyl halides is 3. The van der Waals surface area contributed by atoms with Crippen LogP contribution in [-0.2, 0) is 25.8 Å². The summed E-state index contributed by atoms with van der Waals surface area (Å²) in [6, 6.07) is 10.7. The molecule has 28 heavy (non-hydrogen) atoms. The highest BCUT2D eigenvalue weighted by atomic mass is 19.4. The Morgan fingerprint density at radius 2 is 1.68 bits per heavy atom. The molecule has 0 bridgehead atoms. The molecule has 0 heterocycles. The predicted molar refractivity (Wildman–Crippen MR) is 102 cm³/mol. The van der Waals surface area contributed by atoms with Crippen molar-refractivity contribution in [2.75, 3.05) is 21.1 Å². The second kappa shape index (κ2) is 9.54. The Bertz CT molecular complexity index is 816. The van der Waals surface area contributed by atoms with Gasteiger partial charge in [-0.05, 0) is 42.9 Å². The van der Waals surface area contributed by atoms with Crippen molar-refractivity contribution in [1.82, 2.24) is 15.5 Å². The van der Waals surface area contributed by atoms with E-state index in [-0.39, 0.29) is 12.1 Å². The Balaban J connectivity index is 1.99. The van der Waals surface area contributed by atoms with Crippen LogP contribution in [0.3, 0.4) is 0 Å². The number of hydrogen-bond donors (Lipinski definition) is 2. The lowest BCUT2D eigenvalue weighted by atomic mass is 10.1. The van der Waals surface area contributed by atoms with Gasteiger partial charge in [-0.15, -0.1) is 0 Å². The average molecular weight is 396 g/mol. The molecule has 2 aromatic carbocycles. The molecule has 8 heteroatoms. The lowest BCUT2D eigenvalue weighted by Gasteiger charge is -2.16. The monoisotopic (exact) mass is 396 g/mol. The zero-order valence-corrected chi connectivity index (χ0v) is 16.1. The minimum atomic E-state index is -4.62. The van der Waals surface area contributed by atoms with Crippen LogP contribution in [-0.4, -0.2) is 32.0 Å². The summed E-state index contributed by atoms with van der Waals surface area (Å²) in [7, 11) is 5.51. The minimum absolute atomic E-state index is 0.0511.